The molecule has 2 heteroatoms. The molecule has 0 saturated carbocycles. The zero-order chi connectivity index (χ0) is 11.9. The molecule has 0 aromatic heterocycles. The molecule has 0 fully saturated rings. The molecule has 0 heterocycles. The lowest BCUT2D eigenvalue weighted by molar-refractivity contribution is -0.152. The molecule has 0 spiro atoms. The number of aliphatic carboxylic acids is 1. The second-order valence-corrected chi connectivity index (χ2v) is 4.68. The lowest BCUT2D eigenvalue weighted by Gasteiger charge is -2.32. The van der Waals surface area contributed by atoms with Gasteiger partial charge in [0.25, 0.3) is 0 Å². The Balaban J connectivity index is 4.40. The largest absolute Gasteiger partial charge is 0.481 e. The van der Waals surface area contributed by atoms with Gasteiger partial charge in [0.1, 0.15) is 0 Å². The zero-order valence-electron chi connectivity index (χ0n) is 10.7. The van der Waals surface area contributed by atoms with Gasteiger partial charge in [-0.25, -0.2) is 0 Å². The molecule has 0 bridgehead atoms. The average molecular weight is 214 g/mol. The van der Waals surface area contributed by atoms with E-state index in [1.54, 1.807) is 0 Å². The highest BCUT2D eigenvalue weighted by Gasteiger charge is 2.38. The third kappa shape index (κ3) is 3.84. The number of carboxylic acids is 1. The summed E-state index contributed by atoms with van der Waals surface area (Å²) in [5, 5.41) is 9.29. The van der Waals surface area contributed by atoms with Gasteiger partial charge in [0.05, 0.1) is 5.41 Å². The van der Waals surface area contributed by atoms with Crippen LogP contribution in [0.3, 0.4) is 0 Å². The summed E-state index contributed by atoms with van der Waals surface area (Å²) in [7, 11) is 0. The summed E-state index contributed by atoms with van der Waals surface area (Å²) in [5.41, 5.74) is -0.525. The van der Waals surface area contributed by atoms with Crippen LogP contribution in [0.15, 0.2) is 0 Å². The molecule has 0 radical (unpaired) electrons. The molecule has 0 aromatic rings. The summed E-state index contributed by atoms with van der Waals surface area (Å²) in [4.78, 5) is 11.3. The lowest BCUT2D eigenvalue weighted by atomic mass is 9.71. The first-order valence-electron chi connectivity index (χ1n) is 6.26. The Labute approximate surface area is 94.1 Å². The Morgan fingerprint density at radius 3 is 2.20 bits per heavy atom. The summed E-state index contributed by atoms with van der Waals surface area (Å²) in [6.45, 7) is 8.16. The van der Waals surface area contributed by atoms with Crippen molar-refractivity contribution in [3.63, 3.8) is 0 Å². The Bertz CT molecular complexity index is 189. The Morgan fingerprint density at radius 2 is 1.87 bits per heavy atom. The molecular weight excluding hydrogens is 188 g/mol. The fourth-order valence-electron chi connectivity index (χ4n) is 2.23. The second-order valence-electron chi connectivity index (χ2n) is 4.68. The molecule has 0 aliphatic carbocycles. The number of hydrogen-bond donors (Lipinski definition) is 1. The van der Waals surface area contributed by atoms with Gasteiger partial charge < -0.3 is 5.11 Å². The highest BCUT2D eigenvalue weighted by Crippen LogP contribution is 2.37. The molecule has 15 heavy (non-hydrogen) atoms. The van der Waals surface area contributed by atoms with Crippen LogP contribution in [0.5, 0.6) is 0 Å². The van der Waals surface area contributed by atoms with Crippen molar-refractivity contribution in [3.8, 4) is 0 Å². The molecule has 0 rings (SSSR count). The highest BCUT2D eigenvalue weighted by atomic mass is 16.4. The highest BCUT2D eigenvalue weighted by molar-refractivity contribution is 5.74. The third-order valence-corrected chi connectivity index (χ3v) is 3.77. The van der Waals surface area contributed by atoms with Crippen molar-refractivity contribution in [2.24, 2.45) is 11.3 Å². The average Bonchev–Trinajstić information content (AvgIpc) is 2.23. The van der Waals surface area contributed by atoms with Crippen LogP contribution in [0.2, 0.25) is 0 Å². The second kappa shape index (κ2) is 6.86. The number of hydrogen-bond acceptors (Lipinski definition) is 1. The molecule has 2 nitrogen and oxygen atoms in total. The van der Waals surface area contributed by atoms with Crippen LogP contribution in [0.25, 0.3) is 0 Å². The van der Waals surface area contributed by atoms with Gasteiger partial charge in [-0.2, -0.15) is 0 Å². The van der Waals surface area contributed by atoms with E-state index in [9.17, 15) is 9.90 Å². The predicted molar refractivity (Wildman–Crippen MR) is 64.0 cm³/mol. The van der Waals surface area contributed by atoms with Crippen LogP contribution in [0, 0.1) is 11.3 Å². The van der Waals surface area contributed by atoms with Crippen LogP contribution < -0.4 is 0 Å². The molecule has 1 N–H and O–H groups in total. The van der Waals surface area contributed by atoms with E-state index in [1.165, 1.54) is 12.8 Å². The van der Waals surface area contributed by atoms with Crippen molar-refractivity contribution in [1.29, 1.82) is 0 Å². The summed E-state index contributed by atoms with van der Waals surface area (Å²) in [6, 6.07) is 0. The van der Waals surface area contributed by atoms with E-state index in [1.807, 2.05) is 13.8 Å². The molecule has 0 saturated heterocycles. The van der Waals surface area contributed by atoms with Gasteiger partial charge in [0.15, 0.2) is 0 Å². The summed E-state index contributed by atoms with van der Waals surface area (Å²) in [6.07, 6.45) is 6.34. The number of unbranched alkanes of at least 4 members (excludes halogenated alkanes) is 2. The van der Waals surface area contributed by atoms with Gasteiger partial charge >= 0.3 is 5.97 Å². The van der Waals surface area contributed by atoms with Crippen molar-refractivity contribution in [3.05, 3.63) is 0 Å². The Kier molecular flexibility index (Phi) is 6.62. The zero-order valence-corrected chi connectivity index (χ0v) is 10.7. The van der Waals surface area contributed by atoms with Gasteiger partial charge in [-0.05, 0) is 25.7 Å². The number of carbonyl (C=O) groups is 1. The fourth-order valence-corrected chi connectivity index (χ4v) is 2.23. The maximum atomic E-state index is 11.3. The molecule has 0 aliphatic rings. The molecule has 0 aromatic carbocycles. The quantitative estimate of drug-likeness (QED) is 0.618. The Hall–Kier alpha value is -0.530. The van der Waals surface area contributed by atoms with Gasteiger partial charge in [-0.15, -0.1) is 0 Å². The van der Waals surface area contributed by atoms with Crippen LogP contribution in [0.4, 0.5) is 0 Å². The SMILES string of the molecule is CCCCCC(CC)C(C)(CC)C(=O)O. The van der Waals surface area contributed by atoms with E-state index in [-0.39, 0.29) is 0 Å². The summed E-state index contributed by atoms with van der Waals surface area (Å²) >= 11 is 0. The smallest absolute Gasteiger partial charge is 0.309 e. The van der Waals surface area contributed by atoms with Gasteiger partial charge in [-0.3, -0.25) is 4.79 Å². The van der Waals surface area contributed by atoms with Crippen molar-refractivity contribution in [2.45, 2.75) is 66.2 Å². The Morgan fingerprint density at radius 1 is 1.27 bits per heavy atom. The normalized spacial score (nSPS) is 17.1. The first-order valence-corrected chi connectivity index (χ1v) is 6.26. The van der Waals surface area contributed by atoms with Crippen molar-refractivity contribution in [2.75, 3.05) is 0 Å². The standard InChI is InChI=1S/C13H26O2/c1-5-8-9-10-11(6-2)13(4,7-3)12(14)15/h11H,5-10H2,1-4H3,(H,14,15). The van der Waals surface area contributed by atoms with Gasteiger partial charge in [0, 0.05) is 0 Å². The van der Waals surface area contributed by atoms with Crippen molar-refractivity contribution >= 4 is 5.97 Å². The lowest BCUT2D eigenvalue weighted by Crippen LogP contribution is -2.35. The molecular formula is C13H26O2. The van der Waals surface area contributed by atoms with E-state index in [0.717, 1.165) is 25.7 Å². The van der Waals surface area contributed by atoms with Crippen LogP contribution in [-0.2, 0) is 4.79 Å². The summed E-state index contributed by atoms with van der Waals surface area (Å²) in [5.74, 6) is -0.306. The van der Waals surface area contributed by atoms with E-state index in [0.29, 0.717) is 5.92 Å². The molecule has 0 aliphatic heterocycles. The first kappa shape index (κ1) is 14.5. The van der Waals surface area contributed by atoms with Gasteiger partial charge in [0.2, 0.25) is 0 Å². The minimum Gasteiger partial charge on any atom is -0.481 e. The first-order chi connectivity index (χ1) is 7.02. The minimum atomic E-state index is -0.631. The minimum absolute atomic E-state index is 0.326. The predicted octanol–water partition coefficient (Wildman–Crippen LogP) is 4.09. The van der Waals surface area contributed by atoms with Crippen molar-refractivity contribution in [1.82, 2.24) is 0 Å². The van der Waals surface area contributed by atoms with E-state index >= 15 is 0 Å². The van der Waals surface area contributed by atoms with Gasteiger partial charge in [-0.1, -0.05) is 46.5 Å². The van der Waals surface area contributed by atoms with Crippen LogP contribution in [0.1, 0.15) is 66.2 Å². The molecule has 0 amide bonds. The van der Waals surface area contributed by atoms with E-state index in [4.69, 9.17) is 0 Å². The number of rotatable bonds is 8. The monoisotopic (exact) mass is 214 g/mol. The van der Waals surface area contributed by atoms with Crippen molar-refractivity contribution < 1.29 is 9.90 Å². The third-order valence-electron chi connectivity index (χ3n) is 3.77. The molecule has 2 atom stereocenters. The van der Waals surface area contributed by atoms with E-state index in [2.05, 4.69) is 13.8 Å². The molecule has 90 valence electrons. The van der Waals surface area contributed by atoms with Crippen LogP contribution in [-0.4, -0.2) is 11.1 Å². The van der Waals surface area contributed by atoms with Crippen LogP contribution >= 0.6 is 0 Å². The summed E-state index contributed by atoms with van der Waals surface area (Å²) < 4.78 is 0. The maximum Gasteiger partial charge on any atom is 0.309 e. The fraction of sp³-hybridized carbons (Fsp3) is 0.923. The number of carboxylic acid groups (broad SMARTS) is 1. The maximum absolute atomic E-state index is 11.3. The van der Waals surface area contributed by atoms with E-state index < -0.39 is 11.4 Å². The molecule has 2 unspecified atom stereocenters. The topological polar surface area (TPSA) is 37.3 Å².